The summed E-state index contributed by atoms with van der Waals surface area (Å²) < 4.78 is 5.36. The van der Waals surface area contributed by atoms with Gasteiger partial charge in [-0.3, -0.25) is 0 Å². The van der Waals surface area contributed by atoms with Crippen molar-refractivity contribution in [3.05, 3.63) is 60.2 Å². The van der Waals surface area contributed by atoms with Crippen molar-refractivity contribution in [2.45, 2.75) is 38.6 Å². The summed E-state index contributed by atoms with van der Waals surface area (Å²) in [7, 11) is 1.60. The summed E-state index contributed by atoms with van der Waals surface area (Å²) in [6.45, 7) is 5.40. The van der Waals surface area contributed by atoms with Gasteiger partial charge in [0.1, 0.15) is 17.3 Å². The number of nitrogens with zero attached hydrogens (tertiary/aromatic N) is 3. The molecule has 6 heteroatoms. The van der Waals surface area contributed by atoms with Crippen LogP contribution in [0, 0.1) is 11.3 Å². The molecule has 1 aliphatic heterocycles. The zero-order chi connectivity index (χ0) is 23.9. The van der Waals surface area contributed by atoms with Crippen LogP contribution in [-0.4, -0.2) is 47.8 Å². The molecule has 2 N–H and O–H groups in total. The number of ether oxygens (including phenoxy) is 1. The van der Waals surface area contributed by atoms with E-state index < -0.39 is 0 Å². The number of methoxy groups -OCH3 is 1. The molecule has 0 aliphatic carbocycles. The number of pyridine rings is 1. The molecule has 176 valence electrons. The molecule has 0 radical (unpaired) electrons. The fourth-order valence-electron chi connectivity index (χ4n) is 4.50. The number of aromatic nitrogens is 1. The molecule has 0 bridgehead atoms. The fourth-order valence-corrected chi connectivity index (χ4v) is 4.50. The minimum Gasteiger partial charge on any atom is -0.507 e. The third-order valence-electron chi connectivity index (χ3n) is 6.52. The Morgan fingerprint density at radius 1 is 1.12 bits per heavy atom. The number of phenols is 1. The first kappa shape index (κ1) is 23.6. The fraction of sp³-hybridized carbons (Fsp3) is 0.357. The largest absolute Gasteiger partial charge is 0.507 e. The van der Waals surface area contributed by atoms with Crippen molar-refractivity contribution in [1.29, 1.82) is 5.26 Å². The lowest BCUT2D eigenvalue weighted by atomic mass is 10.0. The summed E-state index contributed by atoms with van der Waals surface area (Å²) >= 11 is 0. The van der Waals surface area contributed by atoms with Crippen molar-refractivity contribution in [2.24, 2.45) is 0 Å². The molecule has 1 aromatic heterocycles. The summed E-state index contributed by atoms with van der Waals surface area (Å²) in [5, 5.41) is 23.2. The molecule has 1 fully saturated rings. The smallest absolute Gasteiger partial charge is 0.127 e. The van der Waals surface area contributed by atoms with E-state index in [0.29, 0.717) is 28.6 Å². The van der Waals surface area contributed by atoms with Gasteiger partial charge in [-0.2, -0.15) is 5.26 Å². The van der Waals surface area contributed by atoms with Crippen LogP contribution in [0.15, 0.2) is 54.6 Å². The second-order valence-electron chi connectivity index (χ2n) is 8.86. The maximum absolute atomic E-state index is 10.5. The van der Waals surface area contributed by atoms with Gasteiger partial charge in [-0.15, -0.1) is 0 Å². The van der Waals surface area contributed by atoms with Gasteiger partial charge in [-0.25, -0.2) is 4.98 Å². The van der Waals surface area contributed by atoms with Crippen LogP contribution in [0.2, 0.25) is 0 Å². The van der Waals surface area contributed by atoms with E-state index in [1.54, 1.807) is 25.3 Å². The van der Waals surface area contributed by atoms with E-state index in [-0.39, 0.29) is 5.75 Å². The van der Waals surface area contributed by atoms with Gasteiger partial charge >= 0.3 is 0 Å². The van der Waals surface area contributed by atoms with Crippen LogP contribution in [0.5, 0.6) is 11.5 Å². The van der Waals surface area contributed by atoms with Crippen LogP contribution < -0.4 is 10.1 Å². The van der Waals surface area contributed by atoms with Gasteiger partial charge < -0.3 is 20.1 Å². The molecule has 4 rings (SSSR count). The van der Waals surface area contributed by atoms with E-state index >= 15 is 0 Å². The number of rotatable bonds is 8. The van der Waals surface area contributed by atoms with Gasteiger partial charge in [0.15, 0.2) is 0 Å². The molecule has 0 amide bonds. The average molecular weight is 457 g/mol. The predicted molar refractivity (Wildman–Crippen MR) is 136 cm³/mol. The van der Waals surface area contributed by atoms with E-state index in [0.717, 1.165) is 36.5 Å². The molecular formula is C28H32N4O2. The van der Waals surface area contributed by atoms with Gasteiger partial charge in [0.05, 0.1) is 24.4 Å². The number of benzene rings is 2. The Bertz CT molecular complexity index is 1150. The lowest BCUT2D eigenvalue weighted by Crippen LogP contribution is -2.38. The van der Waals surface area contributed by atoms with E-state index in [1.807, 2.05) is 36.4 Å². The third kappa shape index (κ3) is 5.67. The quantitative estimate of drug-likeness (QED) is 0.425. The summed E-state index contributed by atoms with van der Waals surface area (Å²) in [5.41, 5.74) is 3.83. The number of hydrogen-bond acceptors (Lipinski definition) is 6. The number of hydrogen-bond donors (Lipinski definition) is 2. The minimum atomic E-state index is 0.148. The molecule has 1 aliphatic rings. The van der Waals surface area contributed by atoms with Gasteiger partial charge in [0.2, 0.25) is 0 Å². The summed E-state index contributed by atoms with van der Waals surface area (Å²) in [6, 6.07) is 19.4. The van der Waals surface area contributed by atoms with Gasteiger partial charge in [-0.05, 0) is 86.3 Å². The van der Waals surface area contributed by atoms with Crippen LogP contribution >= 0.6 is 0 Å². The SMILES string of the molecule is COc1ccc(O)c(-c2cc(-c3ccc(C#N)cc3)cc(NCCCN3CCCCC3C)n2)c1. The monoisotopic (exact) mass is 456 g/mol. The molecule has 6 nitrogen and oxygen atoms in total. The zero-order valence-electron chi connectivity index (χ0n) is 19.9. The van der Waals surface area contributed by atoms with E-state index in [2.05, 4.69) is 23.2 Å². The molecular weight excluding hydrogens is 424 g/mol. The third-order valence-corrected chi connectivity index (χ3v) is 6.52. The Morgan fingerprint density at radius 2 is 1.94 bits per heavy atom. The first-order valence-electron chi connectivity index (χ1n) is 12.0. The zero-order valence-corrected chi connectivity index (χ0v) is 19.9. The normalized spacial score (nSPS) is 16.1. The number of aromatic hydroxyl groups is 1. The van der Waals surface area contributed by atoms with Crippen LogP contribution in [0.3, 0.4) is 0 Å². The second-order valence-corrected chi connectivity index (χ2v) is 8.86. The number of likely N-dealkylation sites (tertiary alicyclic amines) is 1. The van der Waals surface area contributed by atoms with Crippen molar-refractivity contribution in [1.82, 2.24) is 9.88 Å². The topological polar surface area (TPSA) is 81.4 Å². The molecule has 0 spiro atoms. The number of phenolic OH excluding ortho intramolecular Hbond substituents is 1. The first-order valence-corrected chi connectivity index (χ1v) is 12.0. The molecule has 2 aromatic carbocycles. The Hall–Kier alpha value is -3.56. The molecule has 1 atom stereocenters. The number of nitriles is 1. The molecule has 1 saturated heterocycles. The molecule has 2 heterocycles. The van der Waals surface area contributed by atoms with Crippen molar-refractivity contribution in [2.75, 3.05) is 32.1 Å². The summed E-state index contributed by atoms with van der Waals surface area (Å²) in [6.07, 6.45) is 4.95. The van der Waals surface area contributed by atoms with Gasteiger partial charge in [0.25, 0.3) is 0 Å². The van der Waals surface area contributed by atoms with Crippen molar-refractivity contribution >= 4 is 5.82 Å². The molecule has 34 heavy (non-hydrogen) atoms. The molecule has 3 aromatic rings. The van der Waals surface area contributed by atoms with Gasteiger partial charge in [-0.1, -0.05) is 18.6 Å². The maximum Gasteiger partial charge on any atom is 0.127 e. The van der Waals surface area contributed by atoms with Crippen LogP contribution in [0.25, 0.3) is 22.4 Å². The van der Waals surface area contributed by atoms with E-state index in [1.165, 1.54) is 25.8 Å². The highest BCUT2D eigenvalue weighted by Gasteiger charge is 2.17. The maximum atomic E-state index is 10.5. The van der Waals surface area contributed by atoms with Crippen molar-refractivity contribution in [3.63, 3.8) is 0 Å². The van der Waals surface area contributed by atoms with E-state index in [9.17, 15) is 5.11 Å². The second kappa shape index (κ2) is 11.0. The molecule has 0 saturated carbocycles. The highest BCUT2D eigenvalue weighted by atomic mass is 16.5. The van der Waals surface area contributed by atoms with Crippen LogP contribution in [0.1, 0.15) is 38.2 Å². The number of nitrogens with one attached hydrogen (secondary N) is 1. The van der Waals surface area contributed by atoms with E-state index in [4.69, 9.17) is 15.0 Å². The van der Waals surface area contributed by atoms with Crippen molar-refractivity contribution < 1.29 is 9.84 Å². The molecule has 1 unspecified atom stereocenters. The Morgan fingerprint density at radius 3 is 2.68 bits per heavy atom. The van der Waals surface area contributed by atoms with Crippen molar-refractivity contribution in [3.8, 4) is 40.0 Å². The summed E-state index contributed by atoms with van der Waals surface area (Å²) in [5.74, 6) is 1.56. The minimum absolute atomic E-state index is 0.148. The lowest BCUT2D eigenvalue weighted by Gasteiger charge is -2.33. The summed E-state index contributed by atoms with van der Waals surface area (Å²) in [4.78, 5) is 7.38. The lowest BCUT2D eigenvalue weighted by molar-refractivity contribution is 0.160. The Kier molecular flexibility index (Phi) is 7.66. The number of anilines is 1. The number of piperidine rings is 1. The first-order chi connectivity index (χ1) is 16.6. The van der Waals surface area contributed by atoms with Crippen LogP contribution in [0.4, 0.5) is 5.82 Å². The Balaban J connectivity index is 1.58. The standard InChI is InChI=1S/C28H32N4O2/c1-20-6-3-4-14-32(20)15-5-13-30-28-17-23(22-9-7-21(19-29)8-10-22)16-26(31-28)25-18-24(34-2)11-12-27(25)33/h7-12,16-18,20,33H,3-6,13-15H2,1-2H3,(H,30,31). The van der Waals surface area contributed by atoms with Crippen LogP contribution in [-0.2, 0) is 0 Å². The Labute approximate surface area is 201 Å². The average Bonchev–Trinajstić information content (AvgIpc) is 2.88. The highest BCUT2D eigenvalue weighted by molar-refractivity contribution is 5.77. The highest BCUT2D eigenvalue weighted by Crippen LogP contribution is 2.35. The predicted octanol–water partition coefficient (Wildman–Crippen LogP) is 5.68. The van der Waals surface area contributed by atoms with Gasteiger partial charge in [0, 0.05) is 24.7 Å².